The predicted molar refractivity (Wildman–Crippen MR) is 115 cm³/mol. The third-order valence-corrected chi connectivity index (χ3v) is 8.25. The maximum absolute atomic E-state index is 12.6. The van der Waals surface area contributed by atoms with Crippen molar-refractivity contribution in [2.75, 3.05) is 19.8 Å². The molecule has 0 aromatic heterocycles. The van der Waals surface area contributed by atoms with Crippen molar-refractivity contribution in [1.82, 2.24) is 0 Å². The number of carbonyl (C=O) groups is 3. The van der Waals surface area contributed by atoms with E-state index in [0.717, 1.165) is 5.57 Å². The molecule has 2 aliphatic carbocycles. The fourth-order valence-electron chi connectivity index (χ4n) is 6.28. The van der Waals surface area contributed by atoms with Gasteiger partial charge in [0.15, 0.2) is 0 Å². The van der Waals surface area contributed by atoms with Crippen molar-refractivity contribution in [2.45, 2.75) is 83.6 Å². The lowest BCUT2D eigenvalue weighted by atomic mass is 9.51. The van der Waals surface area contributed by atoms with E-state index in [1.165, 1.54) is 13.8 Å². The monoisotopic (exact) mass is 482 g/mol. The number of aliphatic hydroxyl groups excluding tert-OH is 2. The van der Waals surface area contributed by atoms with E-state index in [4.69, 9.17) is 23.7 Å². The van der Waals surface area contributed by atoms with Crippen LogP contribution in [0, 0.1) is 16.7 Å². The van der Waals surface area contributed by atoms with Gasteiger partial charge in [0.25, 0.3) is 0 Å². The van der Waals surface area contributed by atoms with Gasteiger partial charge in [-0.1, -0.05) is 19.9 Å². The summed E-state index contributed by atoms with van der Waals surface area (Å²) in [5, 5.41) is 20.5. The topological polar surface area (TPSA) is 141 Å². The summed E-state index contributed by atoms with van der Waals surface area (Å²) in [5.41, 5.74) is -2.19. The fraction of sp³-hybridized carbons (Fsp3) is 0.792. The first-order valence-electron chi connectivity index (χ1n) is 11.7. The van der Waals surface area contributed by atoms with Gasteiger partial charge in [-0.05, 0) is 18.4 Å². The van der Waals surface area contributed by atoms with Crippen LogP contribution in [0.2, 0.25) is 0 Å². The van der Waals surface area contributed by atoms with Crippen molar-refractivity contribution < 1.29 is 48.3 Å². The van der Waals surface area contributed by atoms with Gasteiger partial charge < -0.3 is 33.9 Å². The Balaban J connectivity index is 1.77. The minimum absolute atomic E-state index is 0.0539. The molecule has 2 saturated heterocycles. The number of rotatable bonds is 7. The second-order valence-electron chi connectivity index (χ2n) is 10.4. The van der Waals surface area contributed by atoms with Gasteiger partial charge in [0, 0.05) is 26.9 Å². The first-order chi connectivity index (χ1) is 15.9. The summed E-state index contributed by atoms with van der Waals surface area (Å²) < 4.78 is 29.3. The maximum atomic E-state index is 12.6. The van der Waals surface area contributed by atoms with Gasteiger partial charge in [0.2, 0.25) is 0 Å². The quantitative estimate of drug-likeness (QED) is 0.230. The van der Waals surface area contributed by atoms with Crippen molar-refractivity contribution >= 4 is 17.9 Å². The summed E-state index contributed by atoms with van der Waals surface area (Å²) in [6.45, 7) is 8.07. The molecule has 0 aromatic carbocycles. The second kappa shape index (κ2) is 8.58. The lowest BCUT2D eigenvalue weighted by Crippen LogP contribution is -2.68. The highest BCUT2D eigenvalue weighted by Gasteiger charge is 2.86. The van der Waals surface area contributed by atoms with Crippen LogP contribution in [0.15, 0.2) is 11.6 Å². The molecule has 0 aromatic rings. The van der Waals surface area contributed by atoms with Crippen LogP contribution in [0.1, 0.15) is 47.5 Å². The number of hydrogen-bond donors (Lipinski definition) is 2. The lowest BCUT2D eigenvalue weighted by Gasteiger charge is -2.58. The zero-order valence-electron chi connectivity index (χ0n) is 20.2. The van der Waals surface area contributed by atoms with Gasteiger partial charge in [-0.3, -0.25) is 14.4 Å². The molecule has 2 aliphatic heterocycles. The minimum atomic E-state index is -1.14. The highest BCUT2D eigenvalue weighted by atomic mass is 16.7. The van der Waals surface area contributed by atoms with Crippen molar-refractivity contribution in [2.24, 2.45) is 16.7 Å². The smallest absolute Gasteiger partial charge is 0.306 e. The van der Waals surface area contributed by atoms with Crippen molar-refractivity contribution in [1.29, 1.82) is 0 Å². The summed E-state index contributed by atoms with van der Waals surface area (Å²) in [6, 6.07) is 0. The Hall–Kier alpha value is -2.01. The normalized spacial score (nSPS) is 42.9. The molecule has 4 aliphatic rings. The molecule has 1 saturated carbocycles. The Bertz CT molecular complexity index is 894. The van der Waals surface area contributed by atoms with Crippen molar-refractivity contribution in [3.8, 4) is 0 Å². The number of fused-ring (bicyclic) bond motifs is 2. The average Bonchev–Trinajstić information content (AvgIpc) is 3.54. The summed E-state index contributed by atoms with van der Waals surface area (Å²) in [6.07, 6.45) is -2.00. The van der Waals surface area contributed by atoms with Gasteiger partial charge in [-0.15, -0.1) is 0 Å². The first-order valence-corrected chi connectivity index (χ1v) is 11.7. The molecule has 3 fully saturated rings. The highest BCUT2D eigenvalue weighted by molar-refractivity contribution is 5.70. The van der Waals surface area contributed by atoms with Gasteiger partial charge in [-0.25, -0.2) is 0 Å². The summed E-state index contributed by atoms with van der Waals surface area (Å²) >= 11 is 0. The number of ether oxygens (including phenoxy) is 5. The zero-order valence-corrected chi connectivity index (χ0v) is 20.2. The molecule has 34 heavy (non-hydrogen) atoms. The number of carbonyl (C=O) groups excluding carboxylic acids is 3. The largest absolute Gasteiger partial charge is 0.465 e. The third kappa shape index (κ3) is 3.57. The number of hydrogen-bond acceptors (Lipinski definition) is 10. The van der Waals surface area contributed by atoms with Crippen LogP contribution in [-0.2, 0) is 38.1 Å². The number of esters is 3. The van der Waals surface area contributed by atoms with E-state index < -0.39 is 64.9 Å². The van der Waals surface area contributed by atoms with E-state index in [-0.39, 0.29) is 32.0 Å². The van der Waals surface area contributed by atoms with Gasteiger partial charge in [0.05, 0.1) is 30.0 Å². The maximum Gasteiger partial charge on any atom is 0.306 e. The molecule has 0 radical (unpaired) electrons. The Morgan fingerprint density at radius 3 is 2.47 bits per heavy atom. The van der Waals surface area contributed by atoms with Crippen LogP contribution in [-0.4, -0.2) is 84.1 Å². The van der Waals surface area contributed by atoms with E-state index in [2.05, 4.69) is 0 Å². The zero-order chi connectivity index (χ0) is 25.1. The molecule has 190 valence electrons. The number of aliphatic hydroxyl groups is 2. The Morgan fingerprint density at radius 1 is 1.24 bits per heavy atom. The molecule has 10 nitrogen and oxygen atoms in total. The van der Waals surface area contributed by atoms with E-state index >= 15 is 0 Å². The lowest BCUT2D eigenvalue weighted by molar-refractivity contribution is -0.241. The van der Waals surface area contributed by atoms with E-state index in [9.17, 15) is 24.6 Å². The van der Waals surface area contributed by atoms with Gasteiger partial charge >= 0.3 is 17.9 Å². The molecule has 2 bridgehead atoms. The van der Waals surface area contributed by atoms with Crippen LogP contribution in [0.4, 0.5) is 0 Å². The Morgan fingerprint density at radius 2 is 1.91 bits per heavy atom. The van der Waals surface area contributed by atoms with Crippen LogP contribution >= 0.6 is 0 Å². The molecule has 2 heterocycles. The SMILES string of the molecule is CC(=O)OCC12CC(OC(=O)CC(C)CO)C(C)=CC1OC1C(O)C(OC(C)=O)C2(C)C12CO2. The van der Waals surface area contributed by atoms with E-state index in [1.54, 1.807) is 6.92 Å². The van der Waals surface area contributed by atoms with E-state index in [1.807, 2.05) is 19.9 Å². The van der Waals surface area contributed by atoms with Gasteiger partial charge in [-0.2, -0.15) is 0 Å². The molecular formula is C24H34O10. The molecule has 9 atom stereocenters. The molecular weight excluding hydrogens is 448 g/mol. The number of epoxide rings is 1. The fourth-order valence-corrected chi connectivity index (χ4v) is 6.28. The summed E-state index contributed by atoms with van der Waals surface area (Å²) in [7, 11) is 0. The highest BCUT2D eigenvalue weighted by Crippen LogP contribution is 2.72. The Kier molecular flexibility index (Phi) is 6.33. The molecule has 0 amide bonds. The first kappa shape index (κ1) is 25.1. The van der Waals surface area contributed by atoms with Gasteiger partial charge in [0.1, 0.15) is 36.6 Å². The van der Waals surface area contributed by atoms with E-state index in [0.29, 0.717) is 6.61 Å². The summed E-state index contributed by atoms with van der Waals surface area (Å²) in [4.78, 5) is 36.5. The Labute approximate surface area is 198 Å². The molecule has 2 N–H and O–H groups in total. The van der Waals surface area contributed by atoms with Crippen LogP contribution in [0.3, 0.4) is 0 Å². The predicted octanol–water partition coefficient (Wildman–Crippen LogP) is 0.665. The van der Waals surface area contributed by atoms with Crippen molar-refractivity contribution in [3.63, 3.8) is 0 Å². The second-order valence-corrected chi connectivity index (χ2v) is 10.4. The third-order valence-electron chi connectivity index (χ3n) is 8.25. The minimum Gasteiger partial charge on any atom is -0.465 e. The van der Waals surface area contributed by atoms with Crippen LogP contribution in [0.25, 0.3) is 0 Å². The standard InChI is InChI=1S/C24H34O10/c1-12(9-25)6-18(28)33-16-8-23(10-30-14(3)26)17(7-13(16)2)34-21-19(29)20(32-15(4)27)22(23,5)24(21)11-31-24/h7,12,16-17,19-21,25,29H,6,8-11H2,1-5H3. The average molecular weight is 483 g/mol. The van der Waals surface area contributed by atoms with Crippen LogP contribution in [0.5, 0.6) is 0 Å². The molecule has 1 spiro atoms. The summed E-state index contributed by atoms with van der Waals surface area (Å²) in [5.74, 6) is -1.76. The van der Waals surface area contributed by atoms with Crippen molar-refractivity contribution in [3.05, 3.63) is 11.6 Å². The molecule has 4 rings (SSSR count). The van der Waals surface area contributed by atoms with Crippen LogP contribution < -0.4 is 0 Å². The molecule has 10 heteroatoms. The molecule has 9 unspecified atom stereocenters.